The van der Waals surface area contributed by atoms with Crippen LogP contribution in [0.2, 0.25) is 0 Å². The smallest absolute Gasteiger partial charge is 0.0689 e. The van der Waals surface area contributed by atoms with E-state index in [2.05, 4.69) is 68.4 Å². The summed E-state index contributed by atoms with van der Waals surface area (Å²) in [6.45, 7) is 4.55. The Kier molecular flexibility index (Phi) is 10.1. The van der Waals surface area contributed by atoms with Crippen molar-refractivity contribution in [2.45, 2.75) is 128 Å². The van der Waals surface area contributed by atoms with Crippen molar-refractivity contribution >= 4 is 0 Å². The molecule has 2 aliphatic carbocycles. The molecule has 0 heterocycles. The second kappa shape index (κ2) is 13.5. The third-order valence-electron chi connectivity index (χ3n) is 9.60. The average molecular weight is 484 g/mol. The average Bonchev–Trinajstić information content (AvgIpc) is 2.94. The van der Waals surface area contributed by atoms with E-state index in [1.165, 1.54) is 87.3 Å². The quantitative estimate of drug-likeness (QED) is 0.291. The predicted octanol–water partition coefficient (Wildman–Crippen LogP) is 11.0. The normalized spacial score (nSPS) is 26.4. The molecule has 0 bridgehead atoms. The molecule has 0 atom stereocenters. The van der Waals surface area contributed by atoms with Crippen LogP contribution < -0.4 is 0 Å². The maximum Gasteiger partial charge on any atom is 0.0689 e. The van der Waals surface area contributed by atoms with E-state index in [1.54, 1.807) is 5.56 Å². The predicted molar refractivity (Wildman–Crippen MR) is 154 cm³/mol. The van der Waals surface area contributed by atoms with Gasteiger partial charge in [-0.1, -0.05) is 107 Å². The van der Waals surface area contributed by atoms with Crippen LogP contribution in [0.5, 0.6) is 0 Å². The van der Waals surface area contributed by atoms with Crippen LogP contribution >= 0.6 is 0 Å². The van der Waals surface area contributed by atoms with Crippen molar-refractivity contribution in [3.63, 3.8) is 0 Å². The minimum atomic E-state index is -0.0539. The molecule has 0 saturated heterocycles. The SMILES string of the molecule is CCCCCC1CCC(c2ccc(-c3ccc(C4CCC(C#N)(CCCCC)CC4)cc3)cc2)CC1. The van der Waals surface area contributed by atoms with Crippen molar-refractivity contribution < 1.29 is 0 Å². The van der Waals surface area contributed by atoms with Gasteiger partial charge in [0.25, 0.3) is 0 Å². The zero-order valence-corrected chi connectivity index (χ0v) is 23.1. The Morgan fingerprint density at radius 3 is 1.67 bits per heavy atom. The maximum atomic E-state index is 9.86. The van der Waals surface area contributed by atoms with Gasteiger partial charge in [-0.05, 0) is 97.8 Å². The fourth-order valence-electron chi connectivity index (χ4n) is 7.00. The first-order chi connectivity index (χ1) is 17.7. The van der Waals surface area contributed by atoms with E-state index in [0.29, 0.717) is 5.92 Å². The Morgan fingerprint density at radius 2 is 1.17 bits per heavy atom. The van der Waals surface area contributed by atoms with E-state index >= 15 is 0 Å². The maximum absolute atomic E-state index is 9.86. The van der Waals surface area contributed by atoms with Gasteiger partial charge in [0.05, 0.1) is 11.5 Å². The molecule has 0 N–H and O–H groups in total. The minimum absolute atomic E-state index is 0.0539. The van der Waals surface area contributed by atoms with E-state index < -0.39 is 0 Å². The van der Waals surface area contributed by atoms with Crippen LogP contribution in [0, 0.1) is 22.7 Å². The third kappa shape index (κ3) is 7.03. The van der Waals surface area contributed by atoms with Gasteiger partial charge in [0, 0.05) is 0 Å². The molecule has 194 valence electrons. The number of nitriles is 1. The van der Waals surface area contributed by atoms with Crippen molar-refractivity contribution in [3.8, 4) is 17.2 Å². The van der Waals surface area contributed by atoms with Crippen LogP contribution in [-0.2, 0) is 0 Å². The van der Waals surface area contributed by atoms with E-state index in [1.807, 2.05) is 0 Å². The number of rotatable bonds is 11. The van der Waals surface area contributed by atoms with Gasteiger partial charge in [0.2, 0.25) is 0 Å². The van der Waals surface area contributed by atoms with Gasteiger partial charge in [-0.3, -0.25) is 0 Å². The second-order valence-electron chi connectivity index (χ2n) is 12.1. The molecule has 1 nitrogen and oxygen atoms in total. The molecule has 0 radical (unpaired) electrons. The summed E-state index contributed by atoms with van der Waals surface area (Å²) in [4.78, 5) is 0. The van der Waals surface area contributed by atoms with Gasteiger partial charge in [-0.25, -0.2) is 0 Å². The summed E-state index contributed by atoms with van der Waals surface area (Å²) in [7, 11) is 0. The first-order valence-electron chi connectivity index (χ1n) is 15.3. The molecule has 0 spiro atoms. The topological polar surface area (TPSA) is 23.8 Å². The molecule has 2 aliphatic rings. The molecular formula is C35H49N. The molecule has 4 rings (SSSR count). The molecule has 1 heteroatoms. The summed E-state index contributed by atoms with van der Waals surface area (Å²) in [5.41, 5.74) is 5.62. The number of hydrogen-bond acceptors (Lipinski definition) is 1. The number of hydrogen-bond donors (Lipinski definition) is 0. The molecule has 0 aliphatic heterocycles. The number of nitrogens with zero attached hydrogens (tertiary/aromatic N) is 1. The van der Waals surface area contributed by atoms with Crippen LogP contribution in [0.15, 0.2) is 48.5 Å². The number of benzene rings is 2. The second-order valence-corrected chi connectivity index (χ2v) is 12.1. The fraction of sp³-hybridized carbons (Fsp3) is 0.629. The van der Waals surface area contributed by atoms with Gasteiger partial charge < -0.3 is 0 Å². The Labute approximate surface area is 221 Å². The largest absolute Gasteiger partial charge is 0.198 e. The Balaban J connectivity index is 1.28. The lowest BCUT2D eigenvalue weighted by Gasteiger charge is -2.35. The first kappa shape index (κ1) is 27.0. The Morgan fingerprint density at radius 1 is 0.667 bits per heavy atom. The first-order valence-corrected chi connectivity index (χ1v) is 15.3. The van der Waals surface area contributed by atoms with Gasteiger partial charge in [-0.15, -0.1) is 0 Å². The van der Waals surface area contributed by atoms with Gasteiger partial charge in [0.1, 0.15) is 0 Å². The highest BCUT2D eigenvalue weighted by Crippen LogP contribution is 2.46. The highest BCUT2D eigenvalue weighted by Gasteiger charge is 2.35. The molecule has 0 aromatic heterocycles. The van der Waals surface area contributed by atoms with E-state index in [-0.39, 0.29) is 5.41 Å². The fourth-order valence-corrected chi connectivity index (χ4v) is 7.00. The summed E-state index contributed by atoms with van der Waals surface area (Å²) in [5, 5.41) is 9.86. The number of unbranched alkanes of at least 4 members (excludes halogenated alkanes) is 4. The lowest BCUT2D eigenvalue weighted by atomic mass is 9.67. The summed E-state index contributed by atoms with van der Waals surface area (Å²) >= 11 is 0. The summed E-state index contributed by atoms with van der Waals surface area (Å²) in [6.07, 6.45) is 20.5. The van der Waals surface area contributed by atoms with Crippen molar-refractivity contribution in [3.05, 3.63) is 59.7 Å². The summed E-state index contributed by atoms with van der Waals surface area (Å²) in [5.74, 6) is 2.36. The minimum Gasteiger partial charge on any atom is -0.198 e. The van der Waals surface area contributed by atoms with E-state index in [4.69, 9.17) is 0 Å². The Bertz CT molecular complexity index is 932. The lowest BCUT2D eigenvalue weighted by Crippen LogP contribution is -2.25. The van der Waals surface area contributed by atoms with Crippen LogP contribution in [-0.4, -0.2) is 0 Å². The van der Waals surface area contributed by atoms with Crippen LogP contribution in [0.25, 0.3) is 11.1 Å². The van der Waals surface area contributed by atoms with E-state index in [0.717, 1.165) is 43.9 Å². The standard InChI is InChI=1S/C35H49N/c1-3-5-7-9-28-10-12-29(13-11-28)30-14-16-31(17-15-30)32-18-20-33(21-19-32)34-22-25-35(27-36,26-23-34)24-8-6-4-2/h14-21,28-29,34H,3-13,22-26H2,1-2H3. The van der Waals surface area contributed by atoms with E-state index in [9.17, 15) is 5.26 Å². The molecule has 2 fully saturated rings. The van der Waals surface area contributed by atoms with Crippen molar-refractivity contribution in [2.75, 3.05) is 0 Å². The molecule has 2 saturated carbocycles. The van der Waals surface area contributed by atoms with Crippen LogP contribution in [0.1, 0.15) is 140 Å². The monoisotopic (exact) mass is 483 g/mol. The van der Waals surface area contributed by atoms with Crippen molar-refractivity contribution in [2.24, 2.45) is 11.3 Å². The highest BCUT2D eigenvalue weighted by molar-refractivity contribution is 5.64. The molecule has 36 heavy (non-hydrogen) atoms. The van der Waals surface area contributed by atoms with Gasteiger partial charge in [-0.2, -0.15) is 5.26 Å². The van der Waals surface area contributed by atoms with Crippen LogP contribution in [0.4, 0.5) is 0 Å². The molecular weight excluding hydrogens is 434 g/mol. The zero-order valence-electron chi connectivity index (χ0n) is 23.1. The molecule has 2 aromatic rings. The lowest BCUT2D eigenvalue weighted by molar-refractivity contribution is 0.223. The summed E-state index contributed by atoms with van der Waals surface area (Å²) < 4.78 is 0. The van der Waals surface area contributed by atoms with Crippen LogP contribution in [0.3, 0.4) is 0 Å². The molecule has 0 amide bonds. The third-order valence-corrected chi connectivity index (χ3v) is 9.60. The van der Waals surface area contributed by atoms with Gasteiger partial charge >= 0.3 is 0 Å². The van der Waals surface area contributed by atoms with Crippen molar-refractivity contribution in [1.29, 1.82) is 5.26 Å². The Hall–Kier alpha value is -2.07. The molecule has 2 aromatic carbocycles. The van der Waals surface area contributed by atoms with Gasteiger partial charge in [0.15, 0.2) is 0 Å². The molecule has 0 unspecified atom stereocenters. The highest BCUT2D eigenvalue weighted by atomic mass is 14.4. The summed E-state index contributed by atoms with van der Waals surface area (Å²) in [6, 6.07) is 21.5. The zero-order chi connectivity index (χ0) is 25.2. The van der Waals surface area contributed by atoms with Crippen molar-refractivity contribution in [1.82, 2.24) is 0 Å².